The molecule has 4 amide bonds. The Hall–Kier alpha value is -4.69. The number of hydrazine groups is 1. The van der Waals surface area contributed by atoms with Gasteiger partial charge in [0.1, 0.15) is 23.0 Å². The van der Waals surface area contributed by atoms with Gasteiger partial charge < -0.3 is 15.4 Å². The summed E-state index contributed by atoms with van der Waals surface area (Å²) in [6.07, 6.45) is -3.37. The Morgan fingerprint density at radius 1 is 0.810 bits per heavy atom. The molecular weight excluding hydrogens is 650 g/mol. The second kappa shape index (κ2) is 12.9. The van der Waals surface area contributed by atoms with E-state index in [2.05, 4.69) is 42.4 Å². The smallest absolute Gasteiger partial charge is 0.417 e. The van der Waals surface area contributed by atoms with Crippen LogP contribution in [0.1, 0.15) is 26.4 Å². The molecule has 0 bridgehead atoms. The van der Waals surface area contributed by atoms with Gasteiger partial charge in [0.2, 0.25) is 0 Å². The summed E-state index contributed by atoms with van der Waals surface area (Å²) in [5, 5.41) is 4.29. The first-order valence-corrected chi connectivity index (χ1v) is 12.8. The van der Waals surface area contributed by atoms with Gasteiger partial charge in [-0.2, -0.15) is 13.2 Å². The molecule has 0 fully saturated rings. The lowest BCUT2D eigenvalue weighted by Crippen LogP contribution is -2.42. The number of amides is 4. The minimum atomic E-state index is -4.68. The molecule has 0 radical (unpaired) electrons. The topological polar surface area (TPSA) is 121 Å². The Labute approximate surface area is 248 Å². The Morgan fingerprint density at radius 3 is 2.17 bits per heavy atom. The van der Waals surface area contributed by atoms with Crippen LogP contribution >= 0.6 is 27.5 Å². The molecule has 0 aliphatic carbocycles. The van der Waals surface area contributed by atoms with E-state index in [0.717, 1.165) is 24.3 Å². The number of nitrogens with one attached hydrogen (secondary N) is 4. The molecule has 0 unspecified atom stereocenters. The first kappa shape index (κ1) is 30.3. The molecule has 0 atom stereocenters. The van der Waals surface area contributed by atoms with Gasteiger partial charge in [-0.3, -0.25) is 25.4 Å². The number of hydrogen-bond donors (Lipinski definition) is 4. The van der Waals surface area contributed by atoms with E-state index in [9.17, 15) is 31.9 Å². The fraction of sp³-hybridized carbons (Fsp3) is 0.0370. The molecule has 3 aromatic carbocycles. The molecule has 42 heavy (non-hydrogen) atoms. The third-order valence-electron chi connectivity index (χ3n) is 5.31. The number of nitrogens with zero attached hydrogens (tertiary/aromatic N) is 1. The van der Waals surface area contributed by atoms with E-state index in [0.29, 0.717) is 11.4 Å². The van der Waals surface area contributed by atoms with Crippen LogP contribution in [0.2, 0.25) is 5.02 Å². The normalized spacial score (nSPS) is 10.9. The SMILES string of the molecule is O=C(Nc1ccc(Oc2ccnc(C(=O)NNC(=O)c3ccc(F)cc3Br)c2)cc1)Nc1ccc(Cl)c(C(F)(F)F)c1. The molecule has 216 valence electrons. The van der Waals surface area contributed by atoms with E-state index < -0.39 is 40.4 Å². The Balaban J connectivity index is 1.32. The number of rotatable bonds is 6. The first-order valence-electron chi connectivity index (χ1n) is 11.6. The minimum Gasteiger partial charge on any atom is -0.457 e. The number of aromatic nitrogens is 1. The van der Waals surface area contributed by atoms with Gasteiger partial charge in [-0.05, 0) is 82.7 Å². The summed E-state index contributed by atoms with van der Waals surface area (Å²) in [6.45, 7) is 0. The van der Waals surface area contributed by atoms with Crippen LogP contribution in [-0.2, 0) is 6.18 Å². The molecular formula is C27H17BrClF4N5O4. The summed E-state index contributed by atoms with van der Waals surface area (Å²) >= 11 is 8.67. The first-order chi connectivity index (χ1) is 19.9. The molecule has 0 spiro atoms. The van der Waals surface area contributed by atoms with E-state index in [4.69, 9.17) is 16.3 Å². The zero-order chi connectivity index (χ0) is 30.4. The number of alkyl halides is 3. The van der Waals surface area contributed by atoms with E-state index >= 15 is 0 Å². The van der Waals surface area contributed by atoms with Gasteiger partial charge >= 0.3 is 12.2 Å². The molecule has 1 heterocycles. The fourth-order valence-electron chi connectivity index (χ4n) is 3.37. The molecule has 0 saturated carbocycles. The third-order valence-corrected chi connectivity index (χ3v) is 6.29. The van der Waals surface area contributed by atoms with Gasteiger partial charge in [0.15, 0.2) is 0 Å². The number of anilines is 2. The largest absolute Gasteiger partial charge is 0.457 e. The van der Waals surface area contributed by atoms with Crippen LogP contribution in [0.3, 0.4) is 0 Å². The summed E-state index contributed by atoms with van der Waals surface area (Å²) in [5.41, 5.74) is 3.54. The monoisotopic (exact) mass is 665 g/mol. The lowest BCUT2D eigenvalue weighted by atomic mass is 10.2. The van der Waals surface area contributed by atoms with Crippen molar-refractivity contribution >= 4 is 56.8 Å². The lowest BCUT2D eigenvalue weighted by molar-refractivity contribution is -0.137. The standard InChI is InChI=1S/C27H17BrClF4N5O4/c28-21-11-14(30)1-7-19(21)24(39)37-38-25(40)23-13-18(9-10-34-23)42-17-5-2-15(3-6-17)35-26(41)36-16-4-8-22(29)20(12-16)27(31,32)33/h1-13H,(H,37,39)(H,38,40)(H2,35,36,41). The van der Waals surface area contributed by atoms with Crippen molar-refractivity contribution in [1.29, 1.82) is 0 Å². The zero-order valence-corrected chi connectivity index (χ0v) is 23.2. The van der Waals surface area contributed by atoms with Crippen molar-refractivity contribution < 1.29 is 36.7 Å². The summed E-state index contributed by atoms with van der Waals surface area (Å²) in [7, 11) is 0. The second-order valence-electron chi connectivity index (χ2n) is 8.31. The van der Waals surface area contributed by atoms with Crippen molar-refractivity contribution in [1.82, 2.24) is 15.8 Å². The van der Waals surface area contributed by atoms with Gasteiger partial charge in [-0.1, -0.05) is 11.6 Å². The van der Waals surface area contributed by atoms with Crippen LogP contribution in [0.5, 0.6) is 11.5 Å². The predicted octanol–water partition coefficient (Wildman–Crippen LogP) is 7.17. The minimum absolute atomic E-state index is 0.0863. The summed E-state index contributed by atoms with van der Waals surface area (Å²) in [4.78, 5) is 40.9. The van der Waals surface area contributed by atoms with E-state index in [1.807, 2.05) is 0 Å². The summed E-state index contributed by atoms with van der Waals surface area (Å²) in [6, 6.07) is 14.4. The van der Waals surface area contributed by atoms with Gasteiger partial charge in [-0.25, -0.2) is 9.18 Å². The van der Waals surface area contributed by atoms with Crippen molar-refractivity contribution in [3.63, 3.8) is 0 Å². The van der Waals surface area contributed by atoms with Gasteiger partial charge in [0, 0.05) is 28.1 Å². The Bertz CT molecular complexity index is 1650. The predicted molar refractivity (Wildman–Crippen MR) is 149 cm³/mol. The number of urea groups is 1. The molecule has 9 nitrogen and oxygen atoms in total. The van der Waals surface area contributed by atoms with Crippen molar-refractivity contribution in [3.8, 4) is 11.5 Å². The maximum absolute atomic E-state index is 13.2. The molecule has 0 saturated heterocycles. The summed E-state index contributed by atoms with van der Waals surface area (Å²) in [5.74, 6) is -1.44. The highest BCUT2D eigenvalue weighted by atomic mass is 79.9. The fourth-order valence-corrected chi connectivity index (χ4v) is 4.13. The van der Waals surface area contributed by atoms with Crippen molar-refractivity contribution in [3.05, 3.63) is 111 Å². The molecule has 0 aliphatic heterocycles. The molecule has 1 aromatic heterocycles. The number of carbonyl (C=O) groups excluding carboxylic acids is 3. The maximum atomic E-state index is 13.2. The van der Waals surface area contributed by atoms with E-state index in [1.54, 1.807) is 0 Å². The van der Waals surface area contributed by atoms with Crippen molar-refractivity contribution in [2.24, 2.45) is 0 Å². The van der Waals surface area contributed by atoms with E-state index in [1.165, 1.54) is 54.7 Å². The number of benzene rings is 3. The van der Waals surface area contributed by atoms with Crippen LogP contribution in [-0.4, -0.2) is 22.8 Å². The highest BCUT2D eigenvalue weighted by molar-refractivity contribution is 9.10. The second-order valence-corrected chi connectivity index (χ2v) is 9.57. The summed E-state index contributed by atoms with van der Waals surface area (Å²) < 4.78 is 58.3. The van der Waals surface area contributed by atoms with Crippen LogP contribution in [0, 0.1) is 5.82 Å². The van der Waals surface area contributed by atoms with Crippen molar-refractivity contribution in [2.45, 2.75) is 6.18 Å². The Kier molecular flexibility index (Phi) is 9.28. The average molecular weight is 667 g/mol. The third kappa shape index (κ3) is 7.95. The van der Waals surface area contributed by atoms with Crippen LogP contribution < -0.4 is 26.2 Å². The number of halogens is 6. The van der Waals surface area contributed by atoms with Gasteiger partial charge in [0.05, 0.1) is 16.1 Å². The molecule has 4 aromatic rings. The van der Waals surface area contributed by atoms with Gasteiger partial charge in [0.25, 0.3) is 11.8 Å². The maximum Gasteiger partial charge on any atom is 0.417 e. The number of ether oxygens (including phenoxy) is 1. The van der Waals surface area contributed by atoms with Crippen LogP contribution in [0.25, 0.3) is 0 Å². The highest BCUT2D eigenvalue weighted by Gasteiger charge is 2.33. The van der Waals surface area contributed by atoms with Gasteiger partial charge in [-0.15, -0.1) is 0 Å². The van der Waals surface area contributed by atoms with E-state index in [-0.39, 0.29) is 27.2 Å². The average Bonchev–Trinajstić information content (AvgIpc) is 2.93. The van der Waals surface area contributed by atoms with Crippen LogP contribution in [0.15, 0.2) is 83.5 Å². The molecule has 4 rings (SSSR count). The number of hydrogen-bond acceptors (Lipinski definition) is 5. The quantitative estimate of drug-likeness (QED) is 0.129. The highest BCUT2D eigenvalue weighted by Crippen LogP contribution is 2.36. The molecule has 4 N–H and O–H groups in total. The van der Waals surface area contributed by atoms with Crippen LogP contribution in [0.4, 0.5) is 33.7 Å². The molecule has 0 aliphatic rings. The molecule has 15 heteroatoms. The lowest BCUT2D eigenvalue weighted by Gasteiger charge is -2.13. The Morgan fingerprint density at radius 2 is 1.48 bits per heavy atom. The number of carbonyl (C=O) groups is 3. The zero-order valence-electron chi connectivity index (χ0n) is 20.9. The van der Waals surface area contributed by atoms with Crippen molar-refractivity contribution in [2.75, 3.05) is 10.6 Å². The number of pyridine rings is 1.